The number of esters is 3. The second-order valence-electron chi connectivity index (χ2n) is 33.4. The number of alkyl halides is 1. The molecular weight excluding hydrogens is 1710 g/mol. The zero-order valence-corrected chi connectivity index (χ0v) is 74.3. The Morgan fingerprint density at radius 1 is 0.543 bits per heavy atom. The first-order chi connectivity index (χ1) is 60.4. The van der Waals surface area contributed by atoms with Gasteiger partial charge in [-0.15, -0.1) is 24.0 Å². The first-order valence-corrected chi connectivity index (χ1v) is 45.6. The van der Waals surface area contributed by atoms with Crippen LogP contribution in [0.5, 0.6) is 23.0 Å². The monoisotopic (exact) mass is 1830 g/mol. The summed E-state index contributed by atoms with van der Waals surface area (Å²) in [6, 6.07) is 26.5. The molecule has 10 unspecified atom stereocenters. The Kier molecular flexibility index (Phi) is 36.1. The molecule has 9 heterocycles. The first-order valence-electron chi connectivity index (χ1n) is 43.6. The highest BCUT2D eigenvalue weighted by Crippen LogP contribution is 2.39. The minimum absolute atomic E-state index is 0. The number of piperidine rings is 2. The number of non-ortho nitro benzene ring substituents is 1. The zero-order chi connectivity index (χ0) is 88.4. The topological polar surface area (TPSA) is 400 Å². The van der Waals surface area contributed by atoms with Gasteiger partial charge in [0.2, 0.25) is 23.6 Å². The summed E-state index contributed by atoms with van der Waals surface area (Å²) in [5, 5.41) is 18.4. The third-order valence-corrected chi connectivity index (χ3v) is 27.1. The van der Waals surface area contributed by atoms with E-state index in [-0.39, 0.29) is 115 Å². The van der Waals surface area contributed by atoms with Crippen molar-refractivity contribution in [2.45, 2.75) is 258 Å². The number of nitro groups is 1. The van der Waals surface area contributed by atoms with Crippen LogP contribution >= 0.6 is 24.0 Å². The average Bonchev–Trinajstić information content (AvgIpc) is 1.63. The number of cyclic esters (lactones) is 2. The van der Waals surface area contributed by atoms with Gasteiger partial charge in [0.1, 0.15) is 72.8 Å². The summed E-state index contributed by atoms with van der Waals surface area (Å²) in [6.07, 6.45) is 18.8. The number of carbonyl (C=O) groups excluding carboxylic acids is 8. The van der Waals surface area contributed by atoms with Crippen LogP contribution in [0.4, 0.5) is 5.69 Å². The summed E-state index contributed by atoms with van der Waals surface area (Å²) < 4.78 is 92.1. The van der Waals surface area contributed by atoms with Crippen LogP contribution in [-0.4, -0.2) is 253 Å². The molecule has 14 atom stereocenters. The highest BCUT2D eigenvalue weighted by Gasteiger charge is 2.44. The van der Waals surface area contributed by atoms with Crippen LogP contribution in [0.1, 0.15) is 206 Å². The van der Waals surface area contributed by atoms with Crippen LogP contribution in [0.3, 0.4) is 0 Å². The molecule has 10 fully saturated rings. The Hall–Kier alpha value is -9.01. The fourth-order valence-corrected chi connectivity index (χ4v) is 20.0. The molecule has 0 bridgehead atoms. The predicted octanol–water partition coefficient (Wildman–Crippen LogP) is 10.2. The Balaban J connectivity index is 0.000000154. The number of halogens is 2. The van der Waals surface area contributed by atoms with Crippen molar-refractivity contribution in [3.05, 3.63) is 152 Å². The average molecular weight is 1830 g/mol. The maximum atomic E-state index is 12.9. The quantitative estimate of drug-likeness (QED) is 0.00898. The molecule has 0 radical (unpaired) electrons. The third kappa shape index (κ3) is 25.4. The number of rotatable bonds is 23. The maximum absolute atomic E-state index is 12.9. The van der Waals surface area contributed by atoms with Crippen LogP contribution in [0, 0.1) is 10.1 Å². The van der Waals surface area contributed by atoms with Gasteiger partial charge in [0.25, 0.3) is 21.7 Å². The molecule has 127 heavy (non-hydrogen) atoms. The summed E-state index contributed by atoms with van der Waals surface area (Å²) in [6.45, 7) is 11.4. The largest absolute Gasteiger partial charge is 0.489 e. The lowest BCUT2D eigenvalue weighted by molar-refractivity contribution is -0.384. The molecule has 6 saturated heterocycles. The van der Waals surface area contributed by atoms with Gasteiger partial charge in [0, 0.05) is 146 Å². The molecule has 18 rings (SSSR count). The minimum atomic E-state index is -4.10. The molecule has 694 valence electrons. The molecular formula is C91H121Cl2N9O24S. The lowest BCUT2D eigenvalue weighted by Gasteiger charge is -2.30. The number of nitrogens with two attached hydrogens (primary N) is 1. The van der Waals surface area contributed by atoms with E-state index in [0.29, 0.717) is 122 Å². The van der Waals surface area contributed by atoms with Crippen molar-refractivity contribution < 1.29 is 108 Å². The highest BCUT2D eigenvalue weighted by atomic mass is 35.5. The number of amides is 5. The number of imide groups is 2. The summed E-state index contributed by atoms with van der Waals surface area (Å²) in [5.74, 6) is 0.823. The van der Waals surface area contributed by atoms with Crippen molar-refractivity contribution in [3.8, 4) is 23.0 Å². The standard InChI is InChI=1S/C23H29N3O5.C20H28ClNO4.C19H17NO8S.C18H23NO4.C5H8N2O2.C5H11NO.CH4.ClH/c1-30-16-9-10-25(13-16)18-3-2-4-20(18)31-15-5-6-17-14(11-15)12-26(23(17)29)19-7-8-21(27)24-22(19)28;1-3-25-20(23)17-8-7-15(11-14(17)12-21)26-19-6-4-5-18(19)22-10-9-16(13-22)24-2;21-19-16-9-6-14(10-12(16)11-26-19)27-17-2-1-3-18(17)28-29(24,25)15-7-4-13(5-8-15)20(22)23;1-21-14-7-8-19(10-14)16-3-2-4-17(16)23-13-5-6-15-12(9-13)11-22-18(15)20;6-3-1-2-4(8)7-5(3)9;1-7-5-2-3-6-4-5;;/h5-6,11,16,18-20H,2-4,7-10,12-13H2,1H3,(H,24,27,28);7-8,11,16,18-19H,3-6,9-10,12-13H2,1-2H3;4-10,17-18H,1-3,11H2;5-6,9,14,16-17H,2-4,7-8,10-11H2,1H3;3H,1-2,6H2,(H,7,8,9);5-6H,2-4H2,1H3;1H4;1H/t16-,18?,19?,20?;16-,18?,19?;;14-,16?,17?;;5-;;/m00.0.0../s1. The molecule has 5 N–H and O–H groups in total. The molecule has 0 aromatic heterocycles. The summed E-state index contributed by atoms with van der Waals surface area (Å²) in [4.78, 5) is 112. The number of hydrogen-bond acceptors (Lipinski definition) is 29. The van der Waals surface area contributed by atoms with Gasteiger partial charge < -0.3 is 68.1 Å². The summed E-state index contributed by atoms with van der Waals surface area (Å²) in [5.41, 5.74) is 10.6. The van der Waals surface area contributed by atoms with Gasteiger partial charge in [-0.05, 0) is 225 Å². The fourth-order valence-electron chi connectivity index (χ4n) is 18.6. The Morgan fingerprint density at radius 2 is 0.992 bits per heavy atom. The highest BCUT2D eigenvalue weighted by molar-refractivity contribution is 7.86. The van der Waals surface area contributed by atoms with E-state index in [9.17, 15) is 56.9 Å². The number of methoxy groups -OCH3 is 4. The van der Waals surface area contributed by atoms with Crippen LogP contribution in [-0.2, 0) is 92.3 Å². The van der Waals surface area contributed by atoms with E-state index < -0.39 is 39.3 Å². The summed E-state index contributed by atoms with van der Waals surface area (Å²) in [7, 11) is 3.03. The van der Waals surface area contributed by atoms with Crippen molar-refractivity contribution in [3.63, 3.8) is 0 Å². The minimum Gasteiger partial charge on any atom is -0.489 e. The van der Waals surface area contributed by atoms with E-state index >= 15 is 0 Å². The molecule has 5 aromatic rings. The summed E-state index contributed by atoms with van der Waals surface area (Å²) >= 11 is 6.04. The van der Waals surface area contributed by atoms with Gasteiger partial charge in [-0.2, -0.15) is 8.42 Å². The Morgan fingerprint density at radius 3 is 1.43 bits per heavy atom. The van der Waals surface area contributed by atoms with Crippen LogP contribution < -0.4 is 40.6 Å². The van der Waals surface area contributed by atoms with Crippen LogP contribution in [0.15, 0.2) is 102 Å². The van der Waals surface area contributed by atoms with E-state index in [0.717, 1.165) is 180 Å². The van der Waals surface area contributed by atoms with Crippen molar-refractivity contribution in [1.82, 2.24) is 35.6 Å². The number of fused-ring (bicyclic) bond motifs is 3. The number of nitrogens with one attached hydrogen (secondary N) is 3. The van der Waals surface area contributed by atoms with E-state index in [2.05, 4.69) is 30.7 Å². The number of ether oxygens (including phenoxy) is 11. The molecule has 36 heteroatoms. The van der Waals surface area contributed by atoms with Crippen molar-refractivity contribution in [2.24, 2.45) is 5.73 Å². The second-order valence-corrected chi connectivity index (χ2v) is 35.2. The third-order valence-electron chi connectivity index (χ3n) is 25.5. The molecule has 9 aliphatic heterocycles. The zero-order valence-electron chi connectivity index (χ0n) is 72.0. The second kappa shape index (κ2) is 46.5. The number of nitro benzene ring substituents is 1. The lowest BCUT2D eigenvalue weighted by Crippen LogP contribution is -2.52. The first kappa shape index (κ1) is 98.6. The predicted molar refractivity (Wildman–Crippen MR) is 469 cm³/mol. The van der Waals surface area contributed by atoms with Gasteiger partial charge in [-0.25, -0.2) is 14.4 Å². The molecule has 13 aliphatic rings. The fraction of sp³-hybridized carbons (Fsp3) is 0.582. The van der Waals surface area contributed by atoms with Gasteiger partial charge in [0.15, 0.2) is 0 Å². The van der Waals surface area contributed by atoms with Crippen molar-refractivity contribution in [1.29, 1.82) is 0 Å². The Labute approximate surface area is 753 Å². The normalized spacial score (nSPS) is 27.0. The molecule has 4 saturated carbocycles. The SMILES string of the molecule is C.CCOC(=O)c1ccc(OC2CCCC2N2CC[C@H](OC)C2)cc1CCl.CO[C@H]1CCN(C2CCCC2Oc2ccc3c(c2)CN(C2CCC(=O)NC2=O)C3=O)C1.CO[C@H]1CCN(C2CCCC2Oc2ccc3c(c2)COC3=O)C1.CO[C@H]1CCNC1.Cl.NC1CCC(=O)NC1=O.O=C1OCc2cc(OC3CCCC3OS(=O)(=O)c3ccc([N+](=O)[O-])cc3)ccc21. The number of carbonyl (C=O) groups is 8. The van der Waals surface area contributed by atoms with Crippen molar-refractivity contribution in [2.75, 3.05) is 87.4 Å². The van der Waals surface area contributed by atoms with E-state index in [4.69, 9.17) is 73.6 Å². The van der Waals surface area contributed by atoms with Gasteiger partial charge in [-0.3, -0.25) is 63.6 Å². The van der Waals surface area contributed by atoms with Gasteiger partial charge in [-0.1, -0.05) is 7.43 Å². The molecule has 33 nitrogen and oxygen atoms in total. The van der Waals surface area contributed by atoms with E-state index in [1.807, 2.05) is 42.5 Å². The molecule has 4 aliphatic carbocycles. The van der Waals surface area contributed by atoms with Crippen LogP contribution in [0.25, 0.3) is 0 Å². The van der Waals surface area contributed by atoms with E-state index in [1.54, 1.807) is 70.6 Å². The lowest BCUT2D eigenvalue weighted by atomic mass is 10.0. The smallest absolute Gasteiger partial charge is 0.338 e. The maximum Gasteiger partial charge on any atom is 0.338 e. The van der Waals surface area contributed by atoms with Gasteiger partial charge >= 0.3 is 17.9 Å². The van der Waals surface area contributed by atoms with Gasteiger partial charge in [0.05, 0.1) is 63.6 Å². The number of hydrogen-bond donors (Lipinski definition) is 4. The number of nitrogens with zero attached hydrogens (tertiary/aromatic N) is 5. The van der Waals surface area contributed by atoms with E-state index in [1.165, 1.54) is 25.7 Å². The number of likely N-dealkylation sites (tertiary alicyclic amines) is 3. The number of benzene rings is 5. The Bertz CT molecular complexity index is 4760. The molecule has 5 amide bonds. The molecule has 5 aromatic carbocycles. The van der Waals surface area contributed by atoms with Crippen LogP contribution in [0.2, 0.25) is 0 Å². The van der Waals surface area contributed by atoms with Crippen molar-refractivity contribution >= 4 is 87.3 Å². The molecule has 0 spiro atoms.